The molecule has 0 aliphatic rings. The van der Waals surface area contributed by atoms with Crippen molar-refractivity contribution in [2.24, 2.45) is 5.92 Å². The van der Waals surface area contributed by atoms with Gasteiger partial charge in [-0.3, -0.25) is 4.79 Å². The minimum atomic E-state index is -1.06. The normalized spacial score (nSPS) is 12.4. The van der Waals surface area contributed by atoms with Gasteiger partial charge < -0.3 is 15.7 Å². The largest absolute Gasteiger partial charge is 0.465 e. The summed E-state index contributed by atoms with van der Waals surface area (Å²) in [5, 5.41) is 21.9. The minimum Gasteiger partial charge on any atom is -0.465 e. The lowest BCUT2D eigenvalue weighted by Gasteiger charge is -2.19. The van der Waals surface area contributed by atoms with Gasteiger partial charge in [0.15, 0.2) is 0 Å². The monoisotopic (exact) mass is 241 g/mol. The van der Waals surface area contributed by atoms with Crippen molar-refractivity contribution in [1.29, 1.82) is 5.26 Å². The van der Waals surface area contributed by atoms with Crippen LogP contribution < -0.4 is 10.6 Å². The van der Waals surface area contributed by atoms with Gasteiger partial charge in [-0.25, -0.2) is 4.79 Å². The molecule has 0 aromatic carbocycles. The molecule has 6 heteroatoms. The first-order chi connectivity index (χ1) is 7.76. The fraction of sp³-hybridized carbons (Fsp3) is 0.727. The molecule has 2 amide bonds. The molecule has 6 nitrogen and oxygen atoms in total. The molecular formula is C11H19N3O3. The topological polar surface area (TPSA) is 102 Å². The summed E-state index contributed by atoms with van der Waals surface area (Å²) in [6, 6.07) is 1.98. The molecule has 0 aromatic rings. The minimum absolute atomic E-state index is 0.0661. The van der Waals surface area contributed by atoms with Gasteiger partial charge in [-0.1, -0.05) is 6.92 Å². The fourth-order valence-corrected chi connectivity index (χ4v) is 1.27. The number of rotatable bonds is 6. The van der Waals surface area contributed by atoms with E-state index >= 15 is 0 Å². The highest BCUT2D eigenvalue weighted by molar-refractivity contribution is 5.77. The quantitative estimate of drug-likeness (QED) is 0.647. The third-order valence-corrected chi connectivity index (χ3v) is 2.18. The second-order valence-corrected chi connectivity index (χ2v) is 4.61. The van der Waals surface area contributed by atoms with Crippen LogP contribution in [0.2, 0.25) is 0 Å². The summed E-state index contributed by atoms with van der Waals surface area (Å²) in [6.07, 6.45) is -0.189. The Hall–Kier alpha value is -1.77. The number of nitriles is 1. The Morgan fingerprint density at radius 1 is 1.47 bits per heavy atom. The number of amides is 2. The van der Waals surface area contributed by atoms with Crippen LogP contribution in [0.1, 0.15) is 33.6 Å². The summed E-state index contributed by atoms with van der Waals surface area (Å²) in [5.41, 5.74) is -0.865. The average molecular weight is 241 g/mol. The van der Waals surface area contributed by atoms with Crippen molar-refractivity contribution in [2.45, 2.75) is 39.2 Å². The van der Waals surface area contributed by atoms with Crippen molar-refractivity contribution in [3.63, 3.8) is 0 Å². The Kier molecular flexibility index (Phi) is 6.03. The standard InChI is InChI=1S/C11H19N3O3/c1-8(4-5-13-10(16)17)6-9(15)14-11(2,3)7-12/h8,13H,4-6H2,1-3H3,(H,14,15)(H,16,17). The molecule has 1 atom stereocenters. The molecule has 0 aliphatic heterocycles. The van der Waals surface area contributed by atoms with E-state index in [4.69, 9.17) is 10.4 Å². The predicted octanol–water partition coefficient (Wildman–Crippen LogP) is 1.09. The molecule has 0 aromatic heterocycles. The summed E-state index contributed by atoms with van der Waals surface area (Å²) in [7, 11) is 0. The zero-order valence-corrected chi connectivity index (χ0v) is 10.4. The molecule has 0 saturated heterocycles. The van der Waals surface area contributed by atoms with Crippen molar-refractivity contribution >= 4 is 12.0 Å². The van der Waals surface area contributed by atoms with Gasteiger partial charge in [0.05, 0.1) is 6.07 Å². The number of nitrogens with one attached hydrogen (secondary N) is 2. The van der Waals surface area contributed by atoms with Crippen LogP contribution in [0, 0.1) is 17.2 Å². The smallest absolute Gasteiger partial charge is 0.404 e. The van der Waals surface area contributed by atoms with E-state index in [0.29, 0.717) is 13.0 Å². The maximum atomic E-state index is 11.5. The van der Waals surface area contributed by atoms with E-state index in [1.54, 1.807) is 13.8 Å². The first kappa shape index (κ1) is 15.2. The van der Waals surface area contributed by atoms with Crippen LogP contribution in [-0.2, 0) is 4.79 Å². The Labute approximate surface area is 101 Å². The van der Waals surface area contributed by atoms with Gasteiger partial charge in [0, 0.05) is 13.0 Å². The zero-order valence-electron chi connectivity index (χ0n) is 10.4. The summed E-state index contributed by atoms with van der Waals surface area (Å²) >= 11 is 0. The van der Waals surface area contributed by atoms with Crippen molar-refractivity contribution in [1.82, 2.24) is 10.6 Å². The Morgan fingerprint density at radius 2 is 2.06 bits per heavy atom. The number of hydrogen-bond donors (Lipinski definition) is 3. The number of nitrogens with zero attached hydrogens (tertiary/aromatic N) is 1. The molecule has 0 radical (unpaired) electrons. The van der Waals surface area contributed by atoms with Crippen molar-refractivity contribution in [2.75, 3.05) is 6.54 Å². The third-order valence-electron chi connectivity index (χ3n) is 2.18. The van der Waals surface area contributed by atoms with Gasteiger partial charge in [-0.05, 0) is 26.2 Å². The van der Waals surface area contributed by atoms with Crippen LogP contribution in [0.4, 0.5) is 4.79 Å². The van der Waals surface area contributed by atoms with Gasteiger partial charge in [0.25, 0.3) is 0 Å². The molecule has 0 spiro atoms. The molecule has 17 heavy (non-hydrogen) atoms. The van der Waals surface area contributed by atoms with Crippen molar-refractivity contribution in [3.8, 4) is 6.07 Å². The molecule has 3 N–H and O–H groups in total. The summed E-state index contributed by atoms with van der Waals surface area (Å²) in [6.45, 7) is 5.44. The molecule has 1 unspecified atom stereocenters. The summed E-state index contributed by atoms with van der Waals surface area (Å²) in [5.74, 6) is -0.129. The molecule has 0 bridgehead atoms. The molecular weight excluding hydrogens is 222 g/mol. The van der Waals surface area contributed by atoms with Gasteiger partial charge in [-0.2, -0.15) is 5.26 Å². The third kappa shape index (κ3) is 8.08. The fourth-order valence-electron chi connectivity index (χ4n) is 1.27. The van der Waals surface area contributed by atoms with Crippen molar-refractivity contribution < 1.29 is 14.7 Å². The van der Waals surface area contributed by atoms with Crippen LogP contribution >= 0.6 is 0 Å². The number of carboxylic acid groups (broad SMARTS) is 1. The highest BCUT2D eigenvalue weighted by Crippen LogP contribution is 2.08. The van der Waals surface area contributed by atoms with E-state index in [-0.39, 0.29) is 18.2 Å². The van der Waals surface area contributed by atoms with Crippen LogP contribution in [0.5, 0.6) is 0 Å². The predicted molar refractivity (Wildman–Crippen MR) is 62.3 cm³/mol. The summed E-state index contributed by atoms with van der Waals surface area (Å²) < 4.78 is 0. The van der Waals surface area contributed by atoms with Gasteiger partial charge in [0.1, 0.15) is 5.54 Å². The molecule has 0 saturated carbocycles. The van der Waals surface area contributed by atoms with E-state index in [0.717, 1.165) is 0 Å². The Bertz CT molecular complexity index is 320. The lowest BCUT2D eigenvalue weighted by atomic mass is 10.0. The lowest BCUT2D eigenvalue weighted by Crippen LogP contribution is -2.42. The van der Waals surface area contributed by atoms with E-state index in [9.17, 15) is 9.59 Å². The zero-order chi connectivity index (χ0) is 13.5. The summed E-state index contributed by atoms with van der Waals surface area (Å²) in [4.78, 5) is 21.7. The second-order valence-electron chi connectivity index (χ2n) is 4.61. The van der Waals surface area contributed by atoms with E-state index in [1.165, 1.54) is 0 Å². The van der Waals surface area contributed by atoms with Crippen LogP contribution in [-0.4, -0.2) is 29.2 Å². The van der Waals surface area contributed by atoms with Gasteiger partial charge in [-0.15, -0.1) is 0 Å². The average Bonchev–Trinajstić information content (AvgIpc) is 2.15. The van der Waals surface area contributed by atoms with E-state index in [1.807, 2.05) is 13.0 Å². The number of carbonyl (C=O) groups excluding carboxylic acids is 1. The molecule has 0 heterocycles. The lowest BCUT2D eigenvalue weighted by molar-refractivity contribution is -0.123. The Morgan fingerprint density at radius 3 is 2.53 bits per heavy atom. The molecule has 96 valence electrons. The Balaban J connectivity index is 3.89. The van der Waals surface area contributed by atoms with Crippen LogP contribution in [0.25, 0.3) is 0 Å². The highest BCUT2D eigenvalue weighted by atomic mass is 16.4. The van der Waals surface area contributed by atoms with E-state index < -0.39 is 11.6 Å². The maximum Gasteiger partial charge on any atom is 0.404 e. The van der Waals surface area contributed by atoms with E-state index in [2.05, 4.69) is 10.6 Å². The van der Waals surface area contributed by atoms with Crippen LogP contribution in [0.3, 0.4) is 0 Å². The molecule has 0 fully saturated rings. The number of hydrogen-bond acceptors (Lipinski definition) is 3. The first-order valence-corrected chi connectivity index (χ1v) is 5.46. The SMILES string of the molecule is CC(CCNC(=O)O)CC(=O)NC(C)(C)C#N. The van der Waals surface area contributed by atoms with Crippen molar-refractivity contribution in [3.05, 3.63) is 0 Å². The molecule has 0 aliphatic carbocycles. The van der Waals surface area contributed by atoms with Crippen LogP contribution in [0.15, 0.2) is 0 Å². The maximum absolute atomic E-state index is 11.5. The van der Waals surface area contributed by atoms with Gasteiger partial charge in [0.2, 0.25) is 5.91 Å². The number of carbonyl (C=O) groups is 2. The van der Waals surface area contributed by atoms with Gasteiger partial charge >= 0.3 is 6.09 Å². The highest BCUT2D eigenvalue weighted by Gasteiger charge is 2.20. The first-order valence-electron chi connectivity index (χ1n) is 5.46. The molecule has 0 rings (SSSR count). The second kappa shape index (κ2) is 6.74.